The van der Waals surface area contributed by atoms with E-state index in [0.29, 0.717) is 22.7 Å². The predicted molar refractivity (Wildman–Crippen MR) is 66.8 cm³/mol. The number of nitrogens with zero attached hydrogens (tertiary/aromatic N) is 3. The molecule has 0 spiro atoms. The number of furan rings is 1. The third kappa shape index (κ3) is 2.53. The Morgan fingerprint density at radius 2 is 2.25 bits per heavy atom. The van der Waals surface area contributed by atoms with Gasteiger partial charge in [0, 0.05) is 12.6 Å². The maximum Gasteiger partial charge on any atom is 0.184 e. The van der Waals surface area contributed by atoms with Crippen LogP contribution >= 0.6 is 31.9 Å². The minimum Gasteiger partial charge on any atom is -0.446 e. The summed E-state index contributed by atoms with van der Waals surface area (Å²) in [6.07, 6.45) is 2.72. The molecule has 2 N–H and O–H groups in total. The first kappa shape index (κ1) is 11.8. The van der Waals surface area contributed by atoms with E-state index in [1.54, 1.807) is 4.68 Å². The SMILES string of the molecule is NCCCn1cc(-c2cc(Br)c(Br)o2)nn1. The zero-order valence-electron chi connectivity index (χ0n) is 8.36. The molecule has 0 atom stereocenters. The molecule has 7 heteroatoms. The molecule has 2 heterocycles. The van der Waals surface area contributed by atoms with Gasteiger partial charge in [0.05, 0.1) is 10.7 Å². The Balaban J connectivity index is 2.18. The van der Waals surface area contributed by atoms with Gasteiger partial charge in [0.2, 0.25) is 0 Å². The second-order valence-corrected chi connectivity index (χ2v) is 4.82. The first-order valence-electron chi connectivity index (χ1n) is 4.76. The maximum atomic E-state index is 5.45. The van der Waals surface area contributed by atoms with E-state index in [0.717, 1.165) is 17.4 Å². The summed E-state index contributed by atoms with van der Waals surface area (Å²) in [5.74, 6) is 0.678. The largest absolute Gasteiger partial charge is 0.446 e. The summed E-state index contributed by atoms with van der Waals surface area (Å²) < 4.78 is 8.72. The van der Waals surface area contributed by atoms with Crippen molar-refractivity contribution in [1.29, 1.82) is 0 Å². The molecule has 0 saturated heterocycles. The third-order valence-electron chi connectivity index (χ3n) is 2.03. The average molecular weight is 350 g/mol. The molecule has 5 nitrogen and oxygen atoms in total. The van der Waals surface area contributed by atoms with Gasteiger partial charge in [-0.2, -0.15) is 0 Å². The van der Waals surface area contributed by atoms with E-state index >= 15 is 0 Å². The predicted octanol–water partition coefficient (Wildman–Crippen LogP) is 2.41. The van der Waals surface area contributed by atoms with E-state index in [2.05, 4.69) is 42.2 Å². The van der Waals surface area contributed by atoms with Crippen molar-refractivity contribution in [1.82, 2.24) is 15.0 Å². The van der Waals surface area contributed by atoms with Gasteiger partial charge in [-0.15, -0.1) is 5.10 Å². The van der Waals surface area contributed by atoms with Crippen molar-refractivity contribution >= 4 is 31.9 Å². The highest BCUT2D eigenvalue weighted by atomic mass is 79.9. The lowest BCUT2D eigenvalue weighted by molar-refractivity contribution is 0.551. The van der Waals surface area contributed by atoms with Crippen molar-refractivity contribution in [3.8, 4) is 11.5 Å². The van der Waals surface area contributed by atoms with E-state index < -0.39 is 0 Å². The second kappa shape index (κ2) is 5.11. The van der Waals surface area contributed by atoms with Gasteiger partial charge in [0.1, 0.15) is 5.69 Å². The highest BCUT2D eigenvalue weighted by molar-refractivity contribution is 9.13. The highest BCUT2D eigenvalue weighted by Gasteiger charge is 2.11. The van der Waals surface area contributed by atoms with Crippen molar-refractivity contribution in [3.63, 3.8) is 0 Å². The quantitative estimate of drug-likeness (QED) is 0.920. The van der Waals surface area contributed by atoms with Crippen LogP contribution < -0.4 is 5.73 Å². The zero-order chi connectivity index (χ0) is 11.5. The summed E-state index contributed by atoms with van der Waals surface area (Å²) >= 11 is 6.63. The van der Waals surface area contributed by atoms with Gasteiger partial charge in [-0.25, -0.2) is 0 Å². The molecule has 0 aliphatic heterocycles. The fraction of sp³-hybridized carbons (Fsp3) is 0.333. The molecular weight excluding hydrogens is 340 g/mol. The van der Waals surface area contributed by atoms with Gasteiger partial charge in [-0.3, -0.25) is 4.68 Å². The number of aromatic nitrogens is 3. The second-order valence-electron chi connectivity index (χ2n) is 3.24. The lowest BCUT2D eigenvalue weighted by Crippen LogP contribution is -2.06. The van der Waals surface area contributed by atoms with Gasteiger partial charge < -0.3 is 10.2 Å². The fourth-order valence-corrected chi connectivity index (χ4v) is 1.82. The van der Waals surface area contributed by atoms with Gasteiger partial charge >= 0.3 is 0 Å². The van der Waals surface area contributed by atoms with Crippen LogP contribution in [0.2, 0.25) is 0 Å². The number of rotatable bonds is 4. The summed E-state index contributed by atoms with van der Waals surface area (Å²) in [6, 6.07) is 1.85. The topological polar surface area (TPSA) is 69.9 Å². The molecule has 0 unspecified atom stereocenters. The minimum atomic E-state index is 0.646. The molecule has 2 aromatic rings. The molecule has 0 fully saturated rings. The number of aryl methyl sites for hydroxylation is 1. The molecular formula is C9H10Br2N4O. The smallest absolute Gasteiger partial charge is 0.184 e. The lowest BCUT2D eigenvalue weighted by atomic mass is 10.3. The van der Waals surface area contributed by atoms with Crippen LogP contribution in [0, 0.1) is 0 Å². The van der Waals surface area contributed by atoms with Crippen LogP contribution in [0.4, 0.5) is 0 Å². The normalized spacial score (nSPS) is 10.9. The molecule has 16 heavy (non-hydrogen) atoms. The molecule has 0 bridgehead atoms. The highest BCUT2D eigenvalue weighted by Crippen LogP contribution is 2.31. The van der Waals surface area contributed by atoms with Crippen molar-refractivity contribution in [3.05, 3.63) is 21.4 Å². The van der Waals surface area contributed by atoms with E-state index in [-0.39, 0.29) is 0 Å². The van der Waals surface area contributed by atoms with Crippen LogP contribution in [-0.2, 0) is 6.54 Å². The van der Waals surface area contributed by atoms with E-state index in [1.165, 1.54) is 0 Å². The monoisotopic (exact) mass is 348 g/mol. The van der Waals surface area contributed by atoms with Crippen LogP contribution in [0.25, 0.3) is 11.5 Å². The van der Waals surface area contributed by atoms with Gasteiger partial charge in [0.15, 0.2) is 10.4 Å². The molecule has 0 amide bonds. The number of hydrogen-bond donors (Lipinski definition) is 1. The first-order chi connectivity index (χ1) is 7.70. The first-order valence-corrected chi connectivity index (χ1v) is 6.34. The molecule has 2 aromatic heterocycles. The summed E-state index contributed by atoms with van der Waals surface area (Å²) in [5, 5.41) is 8.02. The Labute approximate surface area is 109 Å². The van der Waals surface area contributed by atoms with Crippen molar-refractivity contribution in [2.24, 2.45) is 5.73 Å². The number of halogens is 2. The van der Waals surface area contributed by atoms with Crippen LogP contribution in [-0.4, -0.2) is 21.5 Å². The molecule has 0 aliphatic rings. The van der Waals surface area contributed by atoms with E-state index in [1.807, 2.05) is 12.3 Å². The zero-order valence-corrected chi connectivity index (χ0v) is 11.5. The molecule has 0 radical (unpaired) electrons. The molecule has 0 saturated carbocycles. The van der Waals surface area contributed by atoms with Crippen molar-refractivity contribution < 1.29 is 4.42 Å². The summed E-state index contributed by atoms with van der Waals surface area (Å²) in [5.41, 5.74) is 6.14. The average Bonchev–Trinajstić information content (AvgIpc) is 2.84. The molecule has 2 rings (SSSR count). The van der Waals surface area contributed by atoms with E-state index in [4.69, 9.17) is 10.2 Å². The Morgan fingerprint density at radius 3 is 2.88 bits per heavy atom. The van der Waals surface area contributed by atoms with E-state index in [9.17, 15) is 0 Å². The minimum absolute atomic E-state index is 0.646. The van der Waals surface area contributed by atoms with Crippen molar-refractivity contribution in [2.45, 2.75) is 13.0 Å². The molecule has 0 aromatic carbocycles. The van der Waals surface area contributed by atoms with Crippen LogP contribution in [0.3, 0.4) is 0 Å². The number of nitrogens with two attached hydrogens (primary N) is 1. The standard InChI is InChI=1S/C9H10Br2N4O/c10-6-4-8(16-9(6)11)7-5-15(14-13-7)3-1-2-12/h4-5H,1-3,12H2. The summed E-state index contributed by atoms with van der Waals surface area (Å²) in [4.78, 5) is 0. The van der Waals surface area contributed by atoms with Crippen LogP contribution in [0.5, 0.6) is 0 Å². The Bertz CT molecular complexity index is 460. The number of hydrogen-bond acceptors (Lipinski definition) is 4. The maximum absolute atomic E-state index is 5.45. The third-order valence-corrected chi connectivity index (χ3v) is 3.74. The van der Waals surface area contributed by atoms with Gasteiger partial charge in [-0.05, 0) is 44.8 Å². The van der Waals surface area contributed by atoms with Crippen molar-refractivity contribution in [2.75, 3.05) is 6.54 Å². The Hall–Kier alpha value is -0.660. The summed E-state index contributed by atoms with van der Waals surface area (Å²) in [6.45, 7) is 1.42. The fourth-order valence-electron chi connectivity index (χ4n) is 1.25. The van der Waals surface area contributed by atoms with Crippen LogP contribution in [0.1, 0.15) is 6.42 Å². The Morgan fingerprint density at radius 1 is 1.44 bits per heavy atom. The van der Waals surface area contributed by atoms with Gasteiger partial charge in [-0.1, -0.05) is 5.21 Å². The summed E-state index contributed by atoms with van der Waals surface area (Å²) in [7, 11) is 0. The molecule has 86 valence electrons. The lowest BCUT2D eigenvalue weighted by Gasteiger charge is -1.95. The van der Waals surface area contributed by atoms with Gasteiger partial charge in [0.25, 0.3) is 0 Å². The van der Waals surface area contributed by atoms with Crippen LogP contribution in [0.15, 0.2) is 25.8 Å². The Kier molecular flexibility index (Phi) is 3.78. The molecule has 0 aliphatic carbocycles.